The van der Waals surface area contributed by atoms with Crippen molar-refractivity contribution in [2.75, 3.05) is 32.1 Å². The van der Waals surface area contributed by atoms with E-state index in [0.717, 1.165) is 0 Å². The van der Waals surface area contributed by atoms with Gasteiger partial charge in [0.15, 0.2) is 0 Å². The van der Waals surface area contributed by atoms with E-state index in [1.54, 1.807) is 25.1 Å². The number of anilines is 1. The predicted molar refractivity (Wildman–Crippen MR) is 89.3 cm³/mol. The molecule has 1 unspecified atom stereocenters. The Bertz CT molecular complexity index is 497. The predicted octanol–water partition coefficient (Wildman–Crippen LogP) is 1.50. The van der Waals surface area contributed by atoms with E-state index in [2.05, 4.69) is 5.32 Å². The molecule has 2 amide bonds. The fourth-order valence-electron chi connectivity index (χ4n) is 1.87. The van der Waals surface area contributed by atoms with Crippen LogP contribution in [-0.4, -0.2) is 43.5 Å². The van der Waals surface area contributed by atoms with E-state index in [0.29, 0.717) is 18.0 Å². The van der Waals surface area contributed by atoms with Crippen molar-refractivity contribution in [3.63, 3.8) is 0 Å². The molecule has 0 aliphatic heterocycles. The number of benzene rings is 1. The first-order valence-electron chi connectivity index (χ1n) is 6.95. The van der Waals surface area contributed by atoms with Crippen molar-refractivity contribution in [2.24, 2.45) is 11.7 Å². The SMILES string of the molecule is CCN(CC(=O)Nc1ccccc1OC)C(=O)C(C)CN.Cl. The molecule has 0 fully saturated rings. The van der Waals surface area contributed by atoms with Gasteiger partial charge in [-0.2, -0.15) is 0 Å². The maximum atomic E-state index is 12.1. The average molecular weight is 330 g/mol. The fourth-order valence-corrected chi connectivity index (χ4v) is 1.87. The van der Waals surface area contributed by atoms with Crippen LogP contribution >= 0.6 is 12.4 Å². The van der Waals surface area contributed by atoms with Crippen LogP contribution in [0.2, 0.25) is 0 Å². The number of methoxy groups -OCH3 is 1. The summed E-state index contributed by atoms with van der Waals surface area (Å²) in [6, 6.07) is 7.13. The van der Waals surface area contributed by atoms with Gasteiger partial charge < -0.3 is 20.7 Å². The van der Waals surface area contributed by atoms with Gasteiger partial charge >= 0.3 is 0 Å². The topological polar surface area (TPSA) is 84.7 Å². The van der Waals surface area contributed by atoms with Crippen molar-refractivity contribution in [3.8, 4) is 5.75 Å². The Morgan fingerprint density at radius 2 is 2.00 bits per heavy atom. The van der Waals surface area contributed by atoms with E-state index in [9.17, 15) is 9.59 Å². The minimum absolute atomic E-state index is 0. The van der Waals surface area contributed by atoms with Crippen LogP contribution in [0.15, 0.2) is 24.3 Å². The normalized spacial score (nSPS) is 11.1. The quantitative estimate of drug-likeness (QED) is 0.794. The van der Waals surface area contributed by atoms with E-state index in [4.69, 9.17) is 10.5 Å². The number of nitrogens with one attached hydrogen (secondary N) is 1. The van der Waals surface area contributed by atoms with E-state index in [-0.39, 0.29) is 43.2 Å². The summed E-state index contributed by atoms with van der Waals surface area (Å²) >= 11 is 0. The maximum Gasteiger partial charge on any atom is 0.244 e. The van der Waals surface area contributed by atoms with Crippen molar-refractivity contribution < 1.29 is 14.3 Å². The van der Waals surface area contributed by atoms with Crippen molar-refractivity contribution in [3.05, 3.63) is 24.3 Å². The summed E-state index contributed by atoms with van der Waals surface area (Å²) in [4.78, 5) is 25.6. The van der Waals surface area contributed by atoms with Crippen molar-refractivity contribution in [1.29, 1.82) is 0 Å². The van der Waals surface area contributed by atoms with E-state index in [1.165, 1.54) is 12.0 Å². The second kappa shape index (κ2) is 10.0. The summed E-state index contributed by atoms with van der Waals surface area (Å²) < 4.78 is 5.17. The minimum atomic E-state index is -0.288. The Labute approximate surface area is 137 Å². The van der Waals surface area contributed by atoms with E-state index < -0.39 is 0 Å². The smallest absolute Gasteiger partial charge is 0.244 e. The lowest BCUT2D eigenvalue weighted by Crippen LogP contribution is -2.42. The van der Waals surface area contributed by atoms with Crippen LogP contribution in [0.25, 0.3) is 0 Å². The number of nitrogens with zero attached hydrogens (tertiary/aromatic N) is 1. The molecule has 6 nitrogen and oxygen atoms in total. The monoisotopic (exact) mass is 329 g/mol. The molecule has 0 bridgehead atoms. The summed E-state index contributed by atoms with van der Waals surface area (Å²) in [5.74, 6) is -0.0892. The van der Waals surface area contributed by atoms with Gasteiger partial charge in [-0.1, -0.05) is 19.1 Å². The van der Waals surface area contributed by atoms with Gasteiger partial charge in [0.2, 0.25) is 11.8 Å². The van der Waals surface area contributed by atoms with Gasteiger partial charge in [0.25, 0.3) is 0 Å². The number of amides is 2. The molecule has 0 heterocycles. The molecule has 1 aromatic rings. The average Bonchev–Trinajstić information content (AvgIpc) is 2.51. The molecule has 124 valence electrons. The number of rotatable bonds is 7. The molecule has 7 heteroatoms. The molecule has 1 aromatic carbocycles. The van der Waals surface area contributed by atoms with Crippen LogP contribution in [0.3, 0.4) is 0 Å². The number of carbonyl (C=O) groups excluding carboxylic acids is 2. The number of halogens is 1. The molecule has 0 saturated heterocycles. The Morgan fingerprint density at radius 3 is 2.55 bits per heavy atom. The first kappa shape index (κ1) is 20.2. The standard InChI is InChI=1S/C15H23N3O3.ClH/c1-4-18(15(20)11(2)9-16)10-14(19)17-12-7-5-6-8-13(12)21-3;/h5-8,11H,4,9-10,16H2,1-3H3,(H,17,19);1H. The molecule has 1 rings (SSSR count). The zero-order chi connectivity index (χ0) is 15.8. The first-order chi connectivity index (χ1) is 10.0. The molecule has 22 heavy (non-hydrogen) atoms. The van der Waals surface area contributed by atoms with Gasteiger partial charge in [0.1, 0.15) is 5.75 Å². The molecule has 0 aromatic heterocycles. The summed E-state index contributed by atoms with van der Waals surface area (Å²) in [5, 5.41) is 2.75. The van der Waals surface area contributed by atoms with Crippen LogP contribution in [0.4, 0.5) is 5.69 Å². The van der Waals surface area contributed by atoms with Crippen LogP contribution in [0.1, 0.15) is 13.8 Å². The molecule has 0 spiro atoms. The molecule has 0 aliphatic carbocycles. The lowest BCUT2D eigenvalue weighted by molar-refractivity contribution is -0.137. The Kier molecular flexibility index (Phi) is 9.21. The maximum absolute atomic E-state index is 12.1. The molecular formula is C15H24ClN3O3. The van der Waals surface area contributed by atoms with Gasteiger partial charge in [-0.05, 0) is 19.1 Å². The zero-order valence-corrected chi connectivity index (χ0v) is 14.0. The lowest BCUT2D eigenvalue weighted by atomic mass is 10.1. The third-order valence-electron chi connectivity index (χ3n) is 3.18. The number of hydrogen-bond acceptors (Lipinski definition) is 4. The highest BCUT2D eigenvalue weighted by molar-refractivity contribution is 5.95. The molecular weight excluding hydrogens is 306 g/mol. The second-order valence-corrected chi connectivity index (χ2v) is 4.74. The Hall–Kier alpha value is -1.79. The van der Waals surface area contributed by atoms with E-state index >= 15 is 0 Å². The summed E-state index contributed by atoms with van der Waals surface area (Å²) in [7, 11) is 1.54. The fraction of sp³-hybridized carbons (Fsp3) is 0.467. The Morgan fingerprint density at radius 1 is 1.36 bits per heavy atom. The van der Waals surface area contributed by atoms with Crippen molar-refractivity contribution in [2.45, 2.75) is 13.8 Å². The van der Waals surface area contributed by atoms with Crippen LogP contribution in [0.5, 0.6) is 5.75 Å². The second-order valence-electron chi connectivity index (χ2n) is 4.74. The number of nitrogens with two attached hydrogens (primary N) is 1. The van der Waals surface area contributed by atoms with Crippen LogP contribution in [0, 0.1) is 5.92 Å². The van der Waals surface area contributed by atoms with Gasteiger partial charge in [0, 0.05) is 19.0 Å². The van der Waals surface area contributed by atoms with Crippen LogP contribution in [-0.2, 0) is 9.59 Å². The lowest BCUT2D eigenvalue weighted by Gasteiger charge is -2.23. The number of hydrogen-bond donors (Lipinski definition) is 2. The highest BCUT2D eigenvalue weighted by Gasteiger charge is 2.20. The highest BCUT2D eigenvalue weighted by Crippen LogP contribution is 2.22. The van der Waals surface area contributed by atoms with Gasteiger partial charge in [-0.3, -0.25) is 9.59 Å². The van der Waals surface area contributed by atoms with Gasteiger partial charge in [-0.25, -0.2) is 0 Å². The number of ether oxygens (including phenoxy) is 1. The molecule has 0 aliphatic rings. The molecule has 3 N–H and O–H groups in total. The molecule has 1 atom stereocenters. The Balaban J connectivity index is 0.00000441. The summed E-state index contributed by atoms with van der Waals surface area (Å²) in [5.41, 5.74) is 6.08. The van der Waals surface area contributed by atoms with Gasteiger partial charge in [0.05, 0.1) is 19.3 Å². The van der Waals surface area contributed by atoms with E-state index in [1.807, 2.05) is 13.0 Å². The molecule has 0 radical (unpaired) electrons. The number of carbonyl (C=O) groups is 2. The number of likely N-dealkylation sites (N-methyl/N-ethyl adjacent to an activating group) is 1. The third-order valence-corrected chi connectivity index (χ3v) is 3.18. The summed E-state index contributed by atoms with van der Waals surface area (Å²) in [6.45, 7) is 4.31. The largest absolute Gasteiger partial charge is 0.495 e. The zero-order valence-electron chi connectivity index (χ0n) is 13.2. The van der Waals surface area contributed by atoms with Crippen LogP contribution < -0.4 is 15.8 Å². The van der Waals surface area contributed by atoms with Crippen molar-refractivity contribution in [1.82, 2.24) is 4.90 Å². The first-order valence-corrected chi connectivity index (χ1v) is 6.95. The third kappa shape index (κ3) is 5.54. The summed E-state index contributed by atoms with van der Waals surface area (Å²) in [6.07, 6.45) is 0. The van der Waals surface area contributed by atoms with Gasteiger partial charge in [-0.15, -0.1) is 12.4 Å². The highest BCUT2D eigenvalue weighted by atomic mass is 35.5. The van der Waals surface area contributed by atoms with Crippen molar-refractivity contribution >= 4 is 29.9 Å². The minimum Gasteiger partial charge on any atom is -0.495 e. The number of para-hydroxylation sites is 2. The molecule has 0 saturated carbocycles.